The number of halogens is 2. The molecule has 31 heavy (non-hydrogen) atoms. The van der Waals surface area contributed by atoms with Crippen LogP contribution in [-0.2, 0) is 4.74 Å². The van der Waals surface area contributed by atoms with Crippen molar-refractivity contribution in [3.8, 4) is 0 Å². The van der Waals surface area contributed by atoms with Crippen LogP contribution in [0.15, 0.2) is 109 Å². The molecule has 0 amide bonds. The zero-order valence-electron chi connectivity index (χ0n) is 16.5. The van der Waals surface area contributed by atoms with E-state index in [0.29, 0.717) is 5.56 Å². The summed E-state index contributed by atoms with van der Waals surface area (Å²) >= 11 is 4.30. The summed E-state index contributed by atoms with van der Waals surface area (Å²) in [6, 6.07) is 34.8. The molecule has 1 aliphatic heterocycles. The second-order valence-electron chi connectivity index (χ2n) is 7.54. The summed E-state index contributed by atoms with van der Waals surface area (Å²) in [4.78, 5) is 12.9. The van der Waals surface area contributed by atoms with Crippen LogP contribution in [-0.4, -0.2) is 5.97 Å². The van der Waals surface area contributed by atoms with Crippen molar-refractivity contribution in [3.05, 3.63) is 126 Å². The first kappa shape index (κ1) is 20.1. The second kappa shape index (κ2) is 7.40. The van der Waals surface area contributed by atoms with Crippen molar-refractivity contribution in [2.75, 3.05) is 0 Å². The Bertz CT molecular complexity index is 1160. The van der Waals surface area contributed by atoms with E-state index in [1.807, 2.05) is 54.6 Å². The minimum atomic E-state index is -3.63. The molecule has 1 heterocycles. The SMILES string of the molecule is O=C1OC(P(Br)(c2ccccc2)(c2ccccc2)c2ccccc2)c2cccc(F)c21. The summed E-state index contributed by atoms with van der Waals surface area (Å²) in [5.41, 5.74) is 0.583. The van der Waals surface area contributed by atoms with Crippen LogP contribution < -0.4 is 15.9 Å². The van der Waals surface area contributed by atoms with Crippen molar-refractivity contribution in [3.63, 3.8) is 0 Å². The third-order valence-electron chi connectivity index (χ3n) is 5.96. The van der Waals surface area contributed by atoms with Crippen molar-refractivity contribution < 1.29 is 13.9 Å². The number of carbonyl (C=O) groups excluding carboxylic acids is 1. The Labute approximate surface area is 188 Å². The third-order valence-corrected chi connectivity index (χ3v) is 15.9. The average Bonchev–Trinajstić information content (AvgIpc) is 3.19. The van der Waals surface area contributed by atoms with Gasteiger partial charge in [0.2, 0.25) is 0 Å². The predicted octanol–water partition coefficient (Wildman–Crippen LogP) is 5.83. The van der Waals surface area contributed by atoms with Gasteiger partial charge in [0.05, 0.1) is 0 Å². The van der Waals surface area contributed by atoms with Gasteiger partial charge in [-0.25, -0.2) is 0 Å². The van der Waals surface area contributed by atoms with Crippen LogP contribution in [0, 0.1) is 5.82 Å². The standard InChI is InChI=1S/C26H19BrFO2P/c27-31(19-11-4-1-5-12-19,20-13-6-2-7-14-20,21-15-8-3-9-16-21)26-22-17-10-18-23(28)24(22)25(29)30-26/h1-18,26H. The minimum absolute atomic E-state index is 0.0174. The fraction of sp³-hybridized carbons (Fsp3) is 0.0385. The molecule has 0 fully saturated rings. The third kappa shape index (κ3) is 2.75. The van der Waals surface area contributed by atoms with Crippen molar-refractivity contribution in [2.45, 2.75) is 5.85 Å². The van der Waals surface area contributed by atoms with Gasteiger partial charge in [0, 0.05) is 0 Å². The van der Waals surface area contributed by atoms with Crippen LogP contribution in [0.1, 0.15) is 21.8 Å². The summed E-state index contributed by atoms with van der Waals surface area (Å²) in [5, 5.41) is -0.628. The number of rotatable bonds is 4. The molecule has 4 aromatic carbocycles. The molecule has 0 bridgehead atoms. The quantitative estimate of drug-likeness (QED) is 0.264. The van der Waals surface area contributed by atoms with Crippen LogP contribution in [0.25, 0.3) is 0 Å². The Morgan fingerprint density at radius 2 is 1.13 bits per heavy atom. The number of benzene rings is 4. The maximum absolute atomic E-state index is 14.7. The van der Waals surface area contributed by atoms with Crippen molar-refractivity contribution >= 4 is 42.7 Å². The van der Waals surface area contributed by atoms with Crippen LogP contribution in [0.5, 0.6) is 0 Å². The van der Waals surface area contributed by atoms with Gasteiger partial charge >= 0.3 is 189 Å². The van der Waals surface area contributed by atoms with E-state index in [9.17, 15) is 9.18 Å². The number of esters is 1. The Morgan fingerprint density at radius 3 is 1.58 bits per heavy atom. The molecule has 0 N–H and O–H groups in total. The first-order valence-electron chi connectivity index (χ1n) is 9.95. The van der Waals surface area contributed by atoms with E-state index in [1.54, 1.807) is 12.1 Å². The van der Waals surface area contributed by atoms with Gasteiger partial charge in [0.1, 0.15) is 0 Å². The van der Waals surface area contributed by atoms with Gasteiger partial charge in [0.15, 0.2) is 0 Å². The molecule has 0 aromatic heterocycles. The van der Waals surface area contributed by atoms with Crippen LogP contribution >= 0.6 is 20.8 Å². The van der Waals surface area contributed by atoms with E-state index < -0.39 is 22.9 Å². The summed E-state index contributed by atoms with van der Waals surface area (Å²) in [6.45, 7) is 0. The van der Waals surface area contributed by atoms with Crippen molar-refractivity contribution in [1.82, 2.24) is 0 Å². The molecule has 154 valence electrons. The van der Waals surface area contributed by atoms with Crippen LogP contribution in [0.4, 0.5) is 4.39 Å². The number of fused-ring (bicyclic) bond motifs is 1. The van der Waals surface area contributed by atoms with Crippen LogP contribution in [0.3, 0.4) is 0 Å². The van der Waals surface area contributed by atoms with Gasteiger partial charge in [-0.15, -0.1) is 0 Å². The number of cyclic esters (lactones) is 1. The van der Waals surface area contributed by atoms with Crippen molar-refractivity contribution in [1.29, 1.82) is 0 Å². The van der Waals surface area contributed by atoms with E-state index in [1.165, 1.54) is 6.07 Å². The number of hydrogen-bond donors (Lipinski definition) is 0. The fourth-order valence-electron chi connectivity index (χ4n) is 4.56. The average molecular weight is 493 g/mol. The zero-order valence-corrected chi connectivity index (χ0v) is 19.0. The van der Waals surface area contributed by atoms with E-state index in [-0.39, 0.29) is 5.56 Å². The van der Waals surface area contributed by atoms with Gasteiger partial charge in [-0.3, -0.25) is 0 Å². The molecular formula is C26H19BrFO2P. The molecule has 4 aromatic rings. The molecule has 1 atom stereocenters. The Morgan fingerprint density at radius 1 is 0.677 bits per heavy atom. The first-order chi connectivity index (χ1) is 15.1. The molecule has 1 unspecified atom stereocenters. The van der Waals surface area contributed by atoms with Gasteiger partial charge in [-0.1, -0.05) is 0 Å². The summed E-state index contributed by atoms with van der Waals surface area (Å²) in [7, 11) is 0. The normalized spacial score (nSPS) is 16.8. The predicted molar refractivity (Wildman–Crippen MR) is 129 cm³/mol. The summed E-state index contributed by atoms with van der Waals surface area (Å²) in [5.74, 6) is -1.90. The molecule has 2 nitrogen and oxygen atoms in total. The van der Waals surface area contributed by atoms with E-state index in [4.69, 9.17) is 4.74 Å². The fourth-order valence-corrected chi connectivity index (χ4v) is 12.6. The molecule has 0 spiro atoms. The molecule has 0 radical (unpaired) electrons. The molecule has 1 aliphatic rings. The van der Waals surface area contributed by atoms with E-state index in [0.717, 1.165) is 15.9 Å². The first-order valence-corrected chi connectivity index (χ1v) is 14.3. The Kier molecular flexibility index (Phi) is 4.80. The van der Waals surface area contributed by atoms with Gasteiger partial charge in [-0.05, 0) is 0 Å². The van der Waals surface area contributed by atoms with E-state index >= 15 is 0 Å². The Balaban J connectivity index is 1.97. The second-order valence-corrected chi connectivity index (χ2v) is 16.1. The number of hydrogen-bond acceptors (Lipinski definition) is 2. The summed E-state index contributed by atoms with van der Waals surface area (Å²) in [6.07, 6.45) is 0. The number of carbonyl (C=O) groups is 1. The molecular weight excluding hydrogens is 474 g/mol. The molecule has 0 saturated carbocycles. The maximum atomic E-state index is 14.7. The number of ether oxygens (including phenoxy) is 1. The molecule has 0 aliphatic carbocycles. The Hall–Kier alpha value is -2.81. The van der Waals surface area contributed by atoms with Gasteiger partial charge in [-0.2, -0.15) is 0 Å². The van der Waals surface area contributed by atoms with Gasteiger partial charge < -0.3 is 0 Å². The summed E-state index contributed by atoms with van der Waals surface area (Å²) < 4.78 is 20.8. The molecule has 0 saturated heterocycles. The molecule has 5 heteroatoms. The molecule has 5 rings (SSSR count). The monoisotopic (exact) mass is 492 g/mol. The topological polar surface area (TPSA) is 26.3 Å². The van der Waals surface area contributed by atoms with Gasteiger partial charge in [0.25, 0.3) is 0 Å². The van der Waals surface area contributed by atoms with Crippen LogP contribution in [0.2, 0.25) is 0 Å². The van der Waals surface area contributed by atoms with E-state index in [2.05, 4.69) is 51.9 Å². The zero-order chi connectivity index (χ0) is 21.5. The van der Waals surface area contributed by atoms with Crippen molar-refractivity contribution in [2.24, 2.45) is 0 Å².